The predicted molar refractivity (Wildman–Crippen MR) is 151 cm³/mol. The SMILES string of the molecule is Cc1cc(-c2ccc3c(c2)C2CCC3CC2)ccc1N(c1ccc(Br)cc1)c1ccc(Br)cc1. The fraction of sp³-hybridized carbons (Fsp3) is 0.226. The van der Waals surface area contributed by atoms with Gasteiger partial charge in [-0.1, -0.05) is 56.1 Å². The molecule has 0 atom stereocenters. The minimum Gasteiger partial charge on any atom is -0.310 e. The lowest BCUT2D eigenvalue weighted by molar-refractivity contribution is 0.359. The van der Waals surface area contributed by atoms with Crippen molar-refractivity contribution in [1.82, 2.24) is 0 Å². The third-order valence-electron chi connectivity index (χ3n) is 7.63. The summed E-state index contributed by atoms with van der Waals surface area (Å²) in [5, 5.41) is 0. The van der Waals surface area contributed by atoms with Gasteiger partial charge in [-0.05, 0) is 133 Å². The van der Waals surface area contributed by atoms with Crippen molar-refractivity contribution in [2.24, 2.45) is 0 Å². The zero-order valence-electron chi connectivity index (χ0n) is 19.3. The molecule has 170 valence electrons. The second-order valence-corrected chi connectivity index (χ2v) is 11.5. The number of nitrogens with zero attached hydrogens (tertiary/aromatic N) is 1. The van der Waals surface area contributed by atoms with E-state index in [1.54, 1.807) is 11.1 Å². The van der Waals surface area contributed by atoms with Crippen molar-refractivity contribution >= 4 is 48.9 Å². The van der Waals surface area contributed by atoms with E-state index in [0.29, 0.717) is 0 Å². The van der Waals surface area contributed by atoms with Crippen LogP contribution < -0.4 is 4.90 Å². The quantitative estimate of drug-likeness (QED) is 0.235. The number of hydrogen-bond donors (Lipinski definition) is 0. The average molecular weight is 573 g/mol. The van der Waals surface area contributed by atoms with E-state index in [-0.39, 0.29) is 0 Å². The molecule has 3 aliphatic carbocycles. The third kappa shape index (κ3) is 4.03. The zero-order valence-corrected chi connectivity index (χ0v) is 22.4. The summed E-state index contributed by atoms with van der Waals surface area (Å²) >= 11 is 7.16. The molecular formula is C31H27Br2N. The van der Waals surface area contributed by atoms with Crippen molar-refractivity contribution in [2.45, 2.75) is 44.4 Å². The maximum atomic E-state index is 3.58. The van der Waals surface area contributed by atoms with E-state index in [1.807, 2.05) is 0 Å². The van der Waals surface area contributed by atoms with Crippen LogP contribution in [0, 0.1) is 6.92 Å². The van der Waals surface area contributed by atoms with Gasteiger partial charge in [-0.3, -0.25) is 0 Å². The minimum absolute atomic E-state index is 0.769. The molecule has 0 saturated heterocycles. The Morgan fingerprint density at radius 1 is 0.588 bits per heavy atom. The molecule has 0 spiro atoms. The Morgan fingerprint density at radius 3 is 1.65 bits per heavy atom. The highest BCUT2D eigenvalue weighted by atomic mass is 79.9. The largest absolute Gasteiger partial charge is 0.310 e. The van der Waals surface area contributed by atoms with Gasteiger partial charge >= 0.3 is 0 Å². The molecule has 0 aromatic heterocycles. The number of halogens is 2. The van der Waals surface area contributed by atoms with Gasteiger partial charge in [-0.2, -0.15) is 0 Å². The standard InChI is InChI=1S/C31H27Br2N/c1-20-18-23(24-6-16-29-21-2-4-22(5-3-21)30(29)19-24)7-17-31(20)34(27-12-8-25(32)9-13-27)28-14-10-26(33)11-15-28/h6-19,21-22H,2-5H2,1H3. The maximum Gasteiger partial charge on any atom is 0.0491 e. The Hall–Kier alpha value is -2.36. The van der Waals surface area contributed by atoms with Gasteiger partial charge in [0.05, 0.1) is 0 Å². The summed E-state index contributed by atoms with van der Waals surface area (Å²) in [4.78, 5) is 2.34. The lowest BCUT2D eigenvalue weighted by Gasteiger charge is -2.38. The lowest BCUT2D eigenvalue weighted by Crippen LogP contribution is -2.21. The second-order valence-electron chi connectivity index (χ2n) is 9.68. The fourth-order valence-corrected chi connectivity index (χ4v) is 6.42. The molecule has 3 heteroatoms. The number of fused-ring (bicyclic) bond motifs is 2. The average Bonchev–Trinajstić information content (AvgIpc) is 2.88. The van der Waals surface area contributed by atoms with E-state index in [2.05, 4.69) is 129 Å². The van der Waals surface area contributed by atoms with Gasteiger partial charge in [0.25, 0.3) is 0 Å². The first-order valence-electron chi connectivity index (χ1n) is 12.1. The Morgan fingerprint density at radius 2 is 1.09 bits per heavy atom. The third-order valence-corrected chi connectivity index (χ3v) is 8.69. The van der Waals surface area contributed by atoms with Gasteiger partial charge in [0.15, 0.2) is 0 Å². The molecule has 0 N–H and O–H groups in total. The normalized spacial score (nSPS) is 18.6. The molecule has 34 heavy (non-hydrogen) atoms. The number of anilines is 3. The van der Waals surface area contributed by atoms with Crippen LogP contribution in [0.15, 0.2) is 93.9 Å². The molecule has 1 nitrogen and oxygen atoms in total. The molecule has 0 heterocycles. The summed E-state index contributed by atoms with van der Waals surface area (Å²) in [7, 11) is 0. The van der Waals surface area contributed by atoms with Crippen LogP contribution in [-0.4, -0.2) is 0 Å². The van der Waals surface area contributed by atoms with Crippen LogP contribution in [0.4, 0.5) is 17.1 Å². The fourth-order valence-electron chi connectivity index (χ4n) is 5.89. The zero-order chi connectivity index (χ0) is 23.2. The molecule has 0 radical (unpaired) electrons. The van der Waals surface area contributed by atoms with E-state index >= 15 is 0 Å². The number of hydrogen-bond acceptors (Lipinski definition) is 1. The molecular weight excluding hydrogens is 546 g/mol. The van der Waals surface area contributed by atoms with Crippen LogP contribution in [-0.2, 0) is 0 Å². The topological polar surface area (TPSA) is 3.24 Å². The van der Waals surface area contributed by atoms with E-state index < -0.39 is 0 Å². The summed E-state index contributed by atoms with van der Waals surface area (Å²) < 4.78 is 2.17. The monoisotopic (exact) mass is 571 g/mol. The highest BCUT2D eigenvalue weighted by Gasteiger charge is 2.32. The van der Waals surface area contributed by atoms with Crippen LogP contribution in [0.2, 0.25) is 0 Å². The van der Waals surface area contributed by atoms with E-state index in [1.165, 1.54) is 48.1 Å². The molecule has 7 rings (SSSR count). The molecule has 2 bridgehead atoms. The highest BCUT2D eigenvalue weighted by molar-refractivity contribution is 9.10. The van der Waals surface area contributed by atoms with Gasteiger partial charge in [0.1, 0.15) is 0 Å². The summed E-state index contributed by atoms with van der Waals surface area (Å²) in [6, 6.07) is 31.2. The molecule has 4 aromatic rings. The van der Waals surface area contributed by atoms with Crippen LogP contribution in [0.1, 0.15) is 54.2 Å². The first kappa shape index (κ1) is 22.1. The van der Waals surface area contributed by atoms with Crippen LogP contribution in [0.3, 0.4) is 0 Å². The van der Waals surface area contributed by atoms with Gasteiger partial charge in [0.2, 0.25) is 0 Å². The molecule has 0 aliphatic heterocycles. The molecule has 4 aromatic carbocycles. The van der Waals surface area contributed by atoms with Crippen LogP contribution >= 0.6 is 31.9 Å². The van der Waals surface area contributed by atoms with Crippen molar-refractivity contribution < 1.29 is 0 Å². The lowest BCUT2D eigenvalue weighted by atomic mass is 9.66. The summed E-state index contributed by atoms with van der Waals surface area (Å²) in [6.07, 6.45) is 5.50. The van der Waals surface area contributed by atoms with E-state index in [0.717, 1.165) is 32.2 Å². The predicted octanol–water partition coefficient (Wildman–Crippen LogP) is 10.4. The summed E-state index contributed by atoms with van der Waals surface area (Å²) in [6.45, 7) is 2.23. The van der Waals surface area contributed by atoms with Crippen LogP contribution in [0.5, 0.6) is 0 Å². The Kier molecular flexibility index (Phi) is 5.87. The van der Waals surface area contributed by atoms with Crippen molar-refractivity contribution in [3.05, 3.63) is 111 Å². The van der Waals surface area contributed by atoms with Crippen molar-refractivity contribution in [3.63, 3.8) is 0 Å². The Balaban J connectivity index is 1.40. The Bertz CT molecular complexity index is 1290. The van der Waals surface area contributed by atoms with Crippen molar-refractivity contribution in [2.75, 3.05) is 4.90 Å². The first-order chi connectivity index (χ1) is 16.6. The number of aryl methyl sites for hydroxylation is 1. The minimum atomic E-state index is 0.769. The maximum absolute atomic E-state index is 3.58. The molecule has 0 unspecified atom stereocenters. The first-order valence-corrected chi connectivity index (χ1v) is 13.7. The summed E-state index contributed by atoms with van der Waals surface area (Å²) in [5.74, 6) is 1.56. The van der Waals surface area contributed by atoms with E-state index in [9.17, 15) is 0 Å². The van der Waals surface area contributed by atoms with Gasteiger partial charge in [0, 0.05) is 26.0 Å². The van der Waals surface area contributed by atoms with Crippen molar-refractivity contribution in [3.8, 4) is 11.1 Å². The van der Waals surface area contributed by atoms with Gasteiger partial charge in [-0.15, -0.1) is 0 Å². The smallest absolute Gasteiger partial charge is 0.0491 e. The number of benzene rings is 4. The molecule has 0 amide bonds. The van der Waals surface area contributed by atoms with Crippen molar-refractivity contribution in [1.29, 1.82) is 0 Å². The molecule has 1 fully saturated rings. The number of rotatable bonds is 4. The van der Waals surface area contributed by atoms with E-state index in [4.69, 9.17) is 0 Å². The summed E-state index contributed by atoms with van der Waals surface area (Å²) in [5.41, 5.74) is 10.6. The van der Waals surface area contributed by atoms with Gasteiger partial charge in [-0.25, -0.2) is 0 Å². The second kappa shape index (κ2) is 9.02. The highest BCUT2D eigenvalue weighted by Crippen LogP contribution is 2.50. The molecule has 1 saturated carbocycles. The van der Waals surface area contributed by atoms with Crippen LogP contribution in [0.25, 0.3) is 11.1 Å². The van der Waals surface area contributed by atoms with Gasteiger partial charge < -0.3 is 4.90 Å². The molecule has 3 aliphatic rings. The Labute approximate surface area is 219 Å².